The summed E-state index contributed by atoms with van der Waals surface area (Å²) >= 11 is 3.65. The normalized spacial score (nSPS) is 11.9. The zero-order valence-electron chi connectivity index (χ0n) is 27.1. The molecule has 0 N–H and O–H groups in total. The Morgan fingerprint density at radius 2 is 1.00 bits per heavy atom. The fourth-order valence-corrected chi connectivity index (χ4v) is 9.87. The number of rotatable bonds is 4. The fourth-order valence-electron chi connectivity index (χ4n) is 7.57. The number of fused-ring (bicyclic) bond motifs is 10. The van der Waals surface area contributed by atoms with E-state index in [-0.39, 0.29) is 0 Å². The van der Waals surface area contributed by atoms with E-state index in [4.69, 9.17) is 15.0 Å². The molecule has 6 heteroatoms. The molecule has 51 heavy (non-hydrogen) atoms. The van der Waals surface area contributed by atoms with Crippen molar-refractivity contribution in [3.63, 3.8) is 0 Å². The molecule has 0 bridgehead atoms. The second-order valence-electron chi connectivity index (χ2n) is 12.8. The van der Waals surface area contributed by atoms with Crippen LogP contribution in [0.2, 0.25) is 0 Å². The SMILES string of the molecule is c1ccc(-c2nc(-c3ccccc3)nc(-c3cc(-n4c5ccccc5c5ccc6sc7ccccc7c6c54)cc4c3sc3ccccc34)n2)cc1. The van der Waals surface area contributed by atoms with Crippen LogP contribution in [0.15, 0.2) is 158 Å². The van der Waals surface area contributed by atoms with E-state index in [1.54, 1.807) is 11.3 Å². The van der Waals surface area contributed by atoms with Crippen LogP contribution in [0.25, 0.3) is 102 Å². The number of para-hydroxylation sites is 1. The Hall–Kier alpha value is -6.21. The number of hydrogen-bond donors (Lipinski definition) is 0. The minimum absolute atomic E-state index is 0.655. The topological polar surface area (TPSA) is 43.6 Å². The number of hydrogen-bond acceptors (Lipinski definition) is 5. The average Bonchev–Trinajstić information content (AvgIpc) is 3.87. The summed E-state index contributed by atoms with van der Waals surface area (Å²) in [5.41, 5.74) is 6.38. The Kier molecular flexibility index (Phi) is 6.26. The maximum Gasteiger partial charge on any atom is 0.165 e. The molecule has 11 aromatic rings. The van der Waals surface area contributed by atoms with E-state index in [1.165, 1.54) is 57.5 Å². The molecule has 4 heterocycles. The van der Waals surface area contributed by atoms with Gasteiger partial charge in [-0.1, -0.05) is 121 Å². The van der Waals surface area contributed by atoms with Gasteiger partial charge in [0.05, 0.1) is 11.0 Å². The summed E-state index contributed by atoms with van der Waals surface area (Å²) in [6.45, 7) is 0. The predicted molar refractivity (Wildman–Crippen MR) is 216 cm³/mol. The molecule has 0 aliphatic heterocycles. The maximum absolute atomic E-state index is 5.23. The molecule has 0 atom stereocenters. The van der Waals surface area contributed by atoms with Crippen molar-refractivity contribution in [2.45, 2.75) is 0 Å². The summed E-state index contributed by atoms with van der Waals surface area (Å²) in [6.07, 6.45) is 0. The molecule has 238 valence electrons. The third-order valence-electron chi connectivity index (χ3n) is 9.84. The number of aromatic nitrogens is 4. The minimum atomic E-state index is 0.655. The van der Waals surface area contributed by atoms with Crippen molar-refractivity contribution in [3.05, 3.63) is 158 Å². The first-order chi connectivity index (χ1) is 25.3. The summed E-state index contributed by atoms with van der Waals surface area (Å²) in [7, 11) is 0. The molecule has 0 amide bonds. The molecule has 4 aromatic heterocycles. The second-order valence-corrected chi connectivity index (χ2v) is 14.9. The fraction of sp³-hybridized carbons (Fsp3) is 0. The van der Waals surface area contributed by atoms with Gasteiger partial charge in [0.15, 0.2) is 17.5 Å². The molecule has 4 nitrogen and oxygen atoms in total. The van der Waals surface area contributed by atoms with E-state index < -0.39 is 0 Å². The van der Waals surface area contributed by atoms with Crippen molar-refractivity contribution < 1.29 is 0 Å². The van der Waals surface area contributed by atoms with Crippen LogP contribution in [0.1, 0.15) is 0 Å². The van der Waals surface area contributed by atoms with E-state index in [2.05, 4.69) is 126 Å². The minimum Gasteiger partial charge on any atom is -0.309 e. The van der Waals surface area contributed by atoms with Crippen LogP contribution in [0.3, 0.4) is 0 Å². The van der Waals surface area contributed by atoms with Gasteiger partial charge in [0.25, 0.3) is 0 Å². The zero-order chi connectivity index (χ0) is 33.5. The van der Waals surface area contributed by atoms with Crippen molar-refractivity contribution >= 4 is 84.8 Å². The van der Waals surface area contributed by atoms with Crippen LogP contribution >= 0.6 is 22.7 Å². The van der Waals surface area contributed by atoms with Crippen molar-refractivity contribution in [3.8, 4) is 39.9 Å². The quantitative estimate of drug-likeness (QED) is 0.185. The Morgan fingerprint density at radius 1 is 0.412 bits per heavy atom. The highest BCUT2D eigenvalue weighted by molar-refractivity contribution is 7.26. The smallest absolute Gasteiger partial charge is 0.165 e. The lowest BCUT2D eigenvalue weighted by molar-refractivity contribution is 1.07. The molecular weight excluding hydrogens is 661 g/mol. The highest BCUT2D eigenvalue weighted by Gasteiger charge is 2.22. The van der Waals surface area contributed by atoms with Crippen molar-refractivity contribution in [1.29, 1.82) is 0 Å². The first-order valence-corrected chi connectivity index (χ1v) is 18.6. The van der Waals surface area contributed by atoms with E-state index in [0.717, 1.165) is 27.1 Å². The number of benzene rings is 7. The Morgan fingerprint density at radius 3 is 1.73 bits per heavy atom. The van der Waals surface area contributed by atoms with Gasteiger partial charge in [0.1, 0.15) is 0 Å². The molecule has 0 aliphatic carbocycles. The van der Waals surface area contributed by atoms with Gasteiger partial charge < -0.3 is 4.57 Å². The Labute approximate surface area is 300 Å². The van der Waals surface area contributed by atoms with Crippen molar-refractivity contribution in [2.24, 2.45) is 0 Å². The highest BCUT2D eigenvalue weighted by atomic mass is 32.1. The summed E-state index contributed by atoms with van der Waals surface area (Å²) in [5.74, 6) is 1.97. The molecule has 0 saturated heterocycles. The molecule has 0 fully saturated rings. The van der Waals surface area contributed by atoms with Gasteiger partial charge in [0.2, 0.25) is 0 Å². The lowest BCUT2D eigenvalue weighted by Gasteiger charge is -2.13. The van der Waals surface area contributed by atoms with Crippen LogP contribution in [-0.4, -0.2) is 19.5 Å². The van der Waals surface area contributed by atoms with Gasteiger partial charge in [-0.25, -0.2) is 15.0 Å². The van der Waals surface area contributed by atoms with Crippen LogP contribution in [0.4, 0.5) is 0 Å². The van der Waals surface area contributed by atoms with Gasteiger partial charge >= 0.3 is 0 Å². The zero-order valence-corrected chi connectivity index (χ0v) is 28.7. The van der Waals surface area contributed by atoms with Gasteiger partial charge in [-0.3, -0.25) is 0 Å². The molecule has 11 rings (SSSR count). The first-order valence-electron chi connectivity index (χ1n) is 16.9. The highest BCUT2D eigenvalue weighted by Crippen LogP contribution is 2.46. The molecule has 0 unspecified atom stereocenters. The second kappa shape index (κ2) is 11.2. The summed E-state index contributed by atoms with van der Waals surface area (Å²) in [5, 5.41) is 7.48. The third-order valence-corrected chi connectivity index (χ3v) is 12.2. The van der Waals surface area contributed by atoms with Crippen LogP contribution < -0.4 is 0 Å². The molecule has 0 saturated carbocycles. The van der Waals surface area contributed by atoms with E-state index in [9.17, 15) is 0 Å². The summed E-state index contributed by atoms with van der Waals surface area (Å²) < 4.78 is 7.45. The number of thiophene rings is 2. The average molecular weight is 687 g/mol. The lowest BCUT2D eigenvalue weighted by atomic mass is 10.1. The molecule has 0 aliphatic rings. The van der Waals surface area contributed by atoms with E-state index >= 15 is 0 Å². The van der Waals surface area contributed by atoms with Gasteiger partial charge in [-0.2, -0.15) is 0 Å². The van der Waals surface area contributed by atoms with E-state index in [0.29, 0.717) is 17.5 Å². The van der Waals surface area contributed by atoms with Crippen LogP contribution in [-0.2, 0) is 0 Å². The third kappa shape index (κ3) is 4.40. The van der Waals surface area contributed by atoms with Crippen molar-refractivity contribution in [1.82, 2.24) is 19.5 Å². The number of nitrogens with zero attached hydrogens (tertiary/aromatic N) is 4. The lowest BCUT2D eigenvalue weighted by Crippen LogP contribution is -2.01. The van der Waals surface area contributed by atoms with E-state index in [1.807, 2.05) is 47.7 Å². The largest absolute Gasteiger partial charge is 0.309 e. The standard InChI is InChI=1S/C45H26N4S2/c1-3-13-27(14-4-1)43-46-44(28-15-5-2-6-16-28)48-45(47-43)35-26-29(25-34-31-18-8-11-21-37(31)51-42(34)35)49-36-20-10-7-17-30(36)32-23-24-39-40(41(32)49)33-19-9-12-22-38(33)50-39/h1-26H. The molecule has 0 radical (unpaired) electrons. The predicted octanol–water partition coefficient (Wildman–Crippen LogP) is 12.7. The Bertz CT molecular complexity index is 3080. The summed E-state index contributed by atoms with van der Waals surface area (Å²) in [6, 6.07) is 55.9. The Balaban J connectivity index is 1.29. The first kappa shape index (κ1) is 28.6. The molecular formula is C45H26N4S2. The van der Waals surface area contributed by atoms with Crippen molar-refractivity contribution in [2.75, 3.05) is 0 Å². The van der Waals surface area contributed by atoms with Gasteiger partial charge in [0, 0.05) is 73.5 Å². The van der Waals surface area contributed by atoms with Gasteiger partial charge in [-0.05, 0) is 36.4 Å². The van der Waals surface area contributed by atoms with Gasteiger partial charge in [-0.15, -0.1) is 22.7 Å². The summed E-state index contributed by atoms with van der Waals surface area (Å²) in [4.78, 5) is 15.5. The van der Waals surface area contributed by atoms with Crippen LogP contribution in [0, 0.1) is 0 Å². The molecule has 7 aromatic carbocycles. The monoisotopic (exact) mass is 686 g/mol. The molecule has 0 spiro atoms. The maximum atomic E-state index is 5.23. The van der Waals surface area contributed by atoms with Crippen LogP contribution in [0.5, 0.6) is 0 Å².